The molecular weight excluding hydrogens is 395 g/mol. The number of hydrogen-bond donors (Lipinski definition) is 2. The summed E-state index contributed by atoms with van der Waals surface area (Å²) < 4.78 is 19.4. The molecule has 30 heavy (non-hydrogen) atoms. The Labute approximate surface area is 181 Å². The van der Waals surface area contributed by atoms with Gasteiger partial charge < -0.3 is 15.4 Å². The summed E-state index contributed by atoms with van der Waals surface area (Å²) in [5.41, 5.74) is 7.77. The van der Waals surface area contributed by atoms with Gasteiger partial charge in [-0.2, -0.15) is 0 Å². The van der Waals surface area contributed by atoms with Gasteiger partial charge in [0, 0.05) is 29.4 Å². The third-order valence-electron chi connectivity index (χ3n) is 5.48. The lowest BCUT2D eigenvalue weighted by molar-refractivity contribution is 0.413. The van der Waals surface area contributed by atoms with Crippen LogP contribution in [0, 0.1) is 12.7 Å². The summed E-state index contributed by atoms with van der Waals surface area (Å²) in [6, 6.07) is 11.1. The lowest BCUT2D eigenvalue weighted by Crippen LogP contribution is -2.32. The third kappa shape index (κ3) is 3.82. The largest absolute Gasteiger partial charge is 0.496 e. The molecule has 0 amide bonds. The van der Waals surface area contributed by atoms with Crippen LogP contribution in [0.1, 0.15) is 37.5 Å². The molecule has 1 aliphatic heterocycles. The first-order valence-corrected chi connectivity index (χ1v) is 10.9. The maximum Gasteiger partial charge on any atom is 0.129 e. The fourth-order valence-corrected chi connectivity index (χ4v) is 5.06. The predicted molar refractivity (Wildman–Crippen MR) is 126 cm³/mol. The fraction of sp³-hybridized carbons (Fsp3) is 0.280. The van der Waals surface area contributed by atoms with E-state index in [-0.39, 0.29) is 11.4 Å². The summed E-state index contributed by atoms with van der Waals surface area (Å²) in [6.07, 6.45) is 2.26. The molecule has 0 fully saturated rings. The van der Waals surface area contributed by atoms with Crippen molar-refractivity contribution >= 4 is 27.6 Å². The van der Waals surface area contributed by atoms with E-state index in [1.165, 1.54) is 34.4 Å². The van der Waals surface area contributed by atoms with E-state index < -0.39 is 0 Å². The van der Waals surface area contributed by atoms with E-state index >= 15 is 0 Å². The molecule has 0 saturated heterocycles. The second kappa shape index (κ2) is 7.80. The Hall–Kier alpha value is -2.79. The minimum atomic E-state index is -0.304. The van der Waals surface area contributed by atoms with Crippen molar-refractivity contribution in [2.75, 3.05) is 17.7 Å². The van der Waals surface area contributed by atoms with E-state index in [9.17, 15) is 4.39 Å². The summed E-state index contributed by atoms with van der Waals surface area (Å²) in [5.74, 6) is 0.233. The van der Waals surface area contributed by atoms with E-state index in [1.807, 2.05) is 0 Å². The van der Waals surface area contributed by atoms with Crippen LogP contribution in [0.3, 0.4) is 0 Å². The zero-order valence-corrected chi connectivity index (χ0v) is 18.8. The molecule has 0 atom stereocenters. The number of fused-ring (bicyclic) bond motifs is 1. The highest BCUT2D eigenvalue weighted by Crippen LogP contribution is 2.43. The SMILES string of the molecule is COc1cc(F)ccc1-c1ccc2c(c1CNc1sccc1C)C(C)=CC(C)(C)N2. The minimum absolute atomic E-state index is 0.110. The van der Waals surface area contributed by atoms with Crippen LogP contribution in [0.2, 0.25) is 0 Å². The zero-order valence-electron chi connectivity index (χ0n) is 18.0. The second-order valence-corrected chi connectivity index (χ2v) is 9.24. The smallest absolute Gasteiger partial charge is 0.129 e. The first kappa shape index (κ1) is 20.5. The van der Waals surface area contributed by atoms with Crippen LogP contribution in [0.5, 0.6) is 5.75 Å². The fourth-order valence-electron chi connectivity index (χ4n) is 4.25. The molecule has 3 nitrogen and oxygen atoms in total. The van der Waals surface area contributed by atoms with Crippen LogP contribution in [0.4, 0.5) is 15.1 Å². The van der Waals surface area contributed by atoms with E-state index in [1.54, 1.807) is 24.5 Å². The number of benzene rings is 2. The van der Waals surface area contributed by atoms with Gasteiger partial charge in [0.15, 0.2) is 0 Å². The lowest BCUT2D eigenvalue weighted by Gasteiger charge is -2.33. The monoisotopic (exact) mass is 422 g/mol. The van der Waals surface area contributed by atoms with Gasteiger partial charge in [-0.25, -0.2) is 4.39 Å². The van der Waals surface area contributed by atoms with Gasteiger partial charge in [-0.3, -0.25) is 0 Å². The number of aryl methyl sites for hydroxylation is 1. The average molecular weight is 423 g/mol. The van der Waals surface area contributed by atoms with E-state index in [0.717, 1.165) is 21.8 Å². The van der Waals surface area contributed by atoms with Gasteiger partial charge in [-0.05, 0) is 79.6 Å². The Morgan fingerprint density at radius 2 is 1.87 bits per heavy atom. The molecule has 2 heterocycles. The molecule has 2 aromatic carbocycles. The number of hydrogen-bond acceptors (Lipinski definition) is 4. The standard InChI is InChI=1S/C25H27FN2OS/c1-15-10-11-30-24(15)27-14-20-18(19-7-6-17(26)12-22(19)29-5)8-9-21-23(20)16(2)13-25(3,4)28-21/h6-13,27-28H,14H2,1-5H3. The lowest BCUT2D eigenvalue weighted by atomic mass is 9.85. The van der Waals surface area contributed by atoms with Crippen LogP contribution in [-0.2, 0) is 6.54 Å². The van der Waals surface area contributed by atoms with Gasteiger partial charge in [-0.15, -0.1) is 11.3 Å². The highest BCUT2D eigenvalue weighted by Gasteiger charge is 2.26. The van der Waals surface area contributed by atoms with Crippen LogP contribution in [0.25, 0.3) is 16.7 Å². The van der Waals surface area contributed by atoms with Gasteiger partial charge in [0.1, 0.15) is 11.6 Å². The number of nitrogens with one attached hydrogen (secondary N) is 2. The third-order valence-corrected chi connectivity index (χ3v) is 6.46. The number of thiophene rings is 1. The minimum Gasteiger partial charge on any atom is -0.496 e. The van der Waals surface area contributed by atoms with Crippen LogP contribution >= 0.6 is 11.3 Å². The molecule has 1 aliphatic rings. The van der Waals surface area contributed by atoms with E-state index in [4.69, 9.17) is 4.74 Å². The van der Waals surface area contributed by atoms with Gasteiger partial charge in [0.05, 0.1) is 17.6 Å². The van der Waals surface area contributed by atoms with Gasteiger partial charge >= 0.3 is 0 Å². The highest BCUT2D eigenvalue weighted by atomic mass is 32.1. The van der Waals surface area contributed by atoms with Crippen LogP contribution in [0.15, 0.2) is 47.9 Å². The number of rotatable bonds is 5. The molecule has 1 aromatic heterocycles. The molecule has 0 spiro atoms. The van der Waals surface area contributed by atoms with Crippen LogP contribution < -0.4 is 15.4 Å². The molecule has 0 saturated carbocycles. The Morgan fingerprint density at radius 1 is 1.10 bits per heavy atom. The molecule has 156 valence electrons. The summed E-state index contributed by atoms with van der Waals surface area (Å²) >= 11 is 1.70. The summed E-state index contributed by atoms with van der Waals surface area (Å²) in [4.78, 5) is 0. The zero-order chi connectivity index (χ0) is 21.5. The molecule has 0 unspecified atom stereocenters. The normalized spacial score (nSPS) is 14.5. The van der Waals surface area contributed by atoms with Gasteiger partial charge in [0.2, 0.25) is 0 Å². The first-order valence-electron chi connectivity index (χ1n) is 10.0. The van der Waals surface area contributed by atoms with Gasteiger partial charge in [-0.1, -0.05) is 12.1 Å². The number of halogens is 1. The van der Waals surface area contributed by atoms with E-state index in [2.05, 4.69) is 68.0 Å². The van der Waals surface area contributed by atoms with Gasteiger partial charge in [0.25, 0.3) is 0 Å². The van der Waals surface area contributed by atoms with Crippen molar-refractivity contribution in [2.45, 2.75) is 39.8 Å². The molecule has 2 N–H and O–H groups in total. The summed E-state index contributed by atoms with van der Waals surface area (Å²) in [6.45, 7) is 9.27. The Bertz CT molecular complexity index is 1130. The average Bonchev–Trinajstić information content (AvgIpc) is 3.09. The molecular formula is C25H27FN2OS. The Kier molecular flexibility index (Phi) is 5.33. The van der Waals surface area contributed by atoms with Crippen LogP contribution in [-0.4, -0.2) is 12.6 Å². The highest BCUT2D eigenvalue weighted by molar-refractivity contribution is 7.14. The van der Waals surface area contributed by atoms with Crippen molar-refractivity contribution < 1.29 is 9.13 Å². The summed E-state index contributed by atoms with van der Waals surface area (Å²) in [5, 5.41) is 10.5. The van der Waals surface area contributed by atoms with Crippen molar-refractivity contribution in [3.05, 3.63) is 70.4 Å². The molecule has 5 heteroatoms. The number of allylic oxidation sites excluding steroid dienone is 1. The Morgan fingerprint density at radius 3 is 2.57 bits per heavy atom. The Balaban J connectivity index is 1.88. The van der Waals surface area contributed by atoms with Crippen molar-refractivity contribution in [2.24, 2.45) is 0 Å². The first-order chi connectivity index (χ1) is 14.3. The number of methoxy groups -OCH3 is 1. The molecule has 0 aliphatic carbocycles. The topological polar surface area (TPSA) is 33.3 Å². The van der Waals surface area contributed by atoms with Crippen molar-refractivity contribution in [1.29, 1.82) is 0 Å². The molecule has 0 radical (unpaired) electrons. The van der Waals surface area contributed by atoms with Crippen molar-refractivity contribution in [1.82, 2.24) is 0 Å². The van der Waals surface area contributed by atoms with E-state index in [0.29, 0.717) is 12.3 Å². The predicted octanol–water partition coefficient (Wildman–Crippen LogP) is 7.09. The number of anilines is 2. The number of ether oxygens (including phenoxy) is 1. The van der Waals surface area contributed by atoms with Crippen molar-refractivity contribution in [3.8, 4) is 16.9 Å². The van der Waals surface area contributed by atoms with Crippen molar-refractivity contribution in [3.63, 3.8) is 0 Å². The maximum atomic E-state index is 13.8. The molecule has 4 rings (SSSR count). The summed E-state index contributed by atoms with van der Waals surface area (Å²) in [7, 11) is 1.58. The maximum absolute atomic E-state index is 13.8. The molecule has 3 aromatic rings. The molecule has 0 bridgehead atoms. The second-order valence-electron chi connectivity index (χ2n) is 8.32. The quantitative estimate of drug-likeness (QED) is 0.460.